The summed E-state index contributed by atoms with van der Waals surface area (Å²) in [5.41, 5.74) is 11.0. The highest BCUT2D eigenvalue weighted by Crippen LogP contribution is 2.38. The summed E-state index contributed by atoms with van der Waals surface area (Å²) in [6.45, 7) is 0. The highest BCUT2D eigenvalue weighted by Gasteiger charge is 2.18. The fraction of sp³-hybridized carbons (Fsp3) is 0. The molecular formula is C46H29N5. The van der Waals surface area contributed by atoms with Crippen LogP contribution < -0.4 is 0 Å². The number of hydrogen-bond donors (Lipinski definition) is 0. The van der Waals surface area contributed by atoms with Crippen LogP contribution >= 0.6 is 0 Å². The van der Waals surface area contributed by atoms with E-state index in [1.54, 1.807) is 0 Å². The molecule has 7 aromatic carbocycles. The Hall–Kier alpha value is -6.98. The summed E-state index contributed by atoms with van der Waals surface area (Å²) in [6, 6.07) is 60.5. The Morgan fingerprint density at radius 3 is 1.49 bits per heavy atom. The molecule has 0 saturated carbocycles. The monoisotopic (exact) mass is 651 g/mol. The maximum atomic E-state index is 5.24. The van der Waals surface area contributed by atoms with Gasteiger partial charge in [-0.2, -0.15) is 0 Å². The van der Waals surface area contributed by atoms with Crippen molar-refractivity contribution in [2.24, 2.45) is 0 Å². The van der Waals surface area contributed by atoms with E-state index in [4.69, 9.17) is 9.97 Å². The quantitative estimate of drug-likeness (QED) is 0.190. The number of para-hydroxylation sites is 5. The molecule has 0 fully saturated rings. The van der Waals surface area contributed by atoms with Crippen molar-refractivity contribution in [2.75, 3.05) is 0 Å². The summed E-state index contributed by atoms with van der Waals surface area (Å²) in [5.74, 6) is 0.645. The normalized spacial score (nSPS) is 11.9. The van der Waals surface area contributed by atoms with Crippen molar-refractivity contribution in [2.45, 2.75) is 0 Å². The predicted octanol–water partition coefficient (Wildman–Crippen LogP) is 11.4. The number of fused-ring (bicyclic) bond motifs is 9. The van der Waals surface area contributed by atoms with Crippen LogP contribution in [-0.4, -0.2) is 23.7 Å². The van der Waals surface area contributed by atoms with E-state index in [0.29, 0.717) is 5.95 Å². The molecule has 11 rings (SSSR count). The number of benzene rings is 7. The second kappa shape index (κ2) is 10.8. The van der Waals surface area contributed by atoms with E-state index in [1.165, 1.54) is 38.1 Å². The molecule has 51 heavy (non-hydrogen) atoms. The number of nitrogens with zero attached hydrogens (tertiary/aromatic N) is 5. The van der Waals surface area contributed by atoms with Crippen LogP contribution in [0.2, 0.25) is 0 Å². The zero-order valence-corrected chi connectivity index (χ0v) is 27.5. The minimum absolute atomic E-state index is 0.645. The zero-order chi connectivity index (χ0) is 33.5. The fourth-order valence-electron chi connectivity index (χ4n) is 8.12. The number of hydrogen-bond acceptors (Lipinski definition) is 2. The molecule has 4 aromatic heterocycles. The first-order valence-electron chi connectivity index (χ1n) is 17.3. The van der Waals surface area contributed by atoms with Crippen molar-refractivity contribution in [3.05, 3.63) is 176 Å². The molecule has 4 heterocycles. The van der Waals surface area contributed by atoms with Gasteiger partial charge in [-0.05, 0) is 66.7 Å². The van der Waals surface area contributed by atoms with Crippen molar-refractivity contribution in [1.29, 1.82) is 0 Å². The molecule has 0 aliphatic carbocycles. The van der Waals surface area contributed by atoms with Gasteiger partial charge in [0.2, 0.25) is 5.95 Å². The number of rotatable bonds is 4. The molecule has 0 atom stereocenters. The molecule has 0 unspecified atom stereocenters. The lowest BCUT2D eigenvalue weighted by Crippen LogP contribution is -2.02. The molecule has 0 radical (unpaired) electrons. The van der Waals surface area contributed by atoms with E-state index in [2.05, 4.69) is 177 Å². The molecule has 11 aromatic rings. The van der Waals surface area contributed by atoms with Gasteiger partial charge in [0.25, 0.3) is 0 Å². The maximum absolute atomic E-state index is 5.24. The minimum Gasteiger partial charge on any atom is -0.309 e. The first kappa shape index (κ1) is 27.9. The molecule has 0 bridgehead atoms. The molecule has 238 valence electrons. The van der Waals surface area contributed by atoms with Crippen molar-refractivity contribution >= 4 is 65.4 Å². The Morgan fingerprint density at radius 1 is 0.333 bits per heavy atom. The Balaban J connectivity index is 1.10. The van der Waals surface area contributed by atoms with Crippen molar-refractivity contribution < 1.29 is 0 Å². The van der Waals surface area contributed by atoms with Gasteiger partial charge in [-0.3, -0.25) is 4.57 Å². The molecule has 0 aliphatic rings. The second-order valence-electron chi connectivity index (χ2n) is 13.1. The lowest BCUT2D eigenvalue weighted by molar-refractivity contribution is 0.992. The van der Waals surface area contributed by atoms with E-state index in [9.17, 15) is 0 Å². The van der Waals surface area contributed by atoms with E-state index in [0.717, 1.165) is 50.0 Å². The van der Waals surface area contributed by atoms with Crippen molar-refractivity contribution in [1.82, 2.24) is 23.7 Å². The van der Waals surface area contributed by atoms with Gasteiger partial charge in [0, 0.05) is 55.5 Å². The Kier molecular flexibility index (Phi) is 5.89. The summed E-state index contributed by atoms with van der Waals surface area (Å²) in [7, 11) is 0. The smallest absolute Gasteiger partial charge is 0.235 e. The predicted molar refractivity (Wildman–Crippen MR) is 210 cm³/mol. The van der Waals surface area contributed by atoms with E-state index in [-0.39, 0.29) is 0 Å². The average Bonchev–Trinajstić information content (AvgIpc) is 3.83. The van der Waals surface area contributed by atoms with Crippen LogP contribution in [0.5, 0.6) is 0 Å². The first-order valence-corrected chi connectivity index (χ1v) is 17.3. The van der Waals surface area contributed by atoms with Crippen LogP contribution in [0.15, 0.2) is 176 Å². The standard InChI is InChI=1S/C46H29N5/c1-2-12-31(13-3-1)49-40-18-8-6-16-35(40)37-24-22-30(28-45(37)49)39-26-27-47-46(48-39)51-43-21-11-7-17-36(43)38-29-32(23-25-44(38)51)50-41-19-9-4-14-33(41)34-15-5-10-20-42(34)50/h1-29H. The lowest BCUT2D eigenvalue weighted by atomic mass is 10.1. The highest BCUT2D eigenvalue weighted by molar-refractivity contribution is 6.12. The molecule has 0 saturated heterocycles. The van der Waals surface area contributed by atoms with Gasteiger partial charge in [0.15, 0.2) is 0 Å². The SMILES string of the molecule is c1ccc(-n2c3ccccc3c3ccc(-c4ccnc(-n5c6ccccc6c6cc(-n7c8ccccc8c8ccccc87)ccc65)n4)cc32)cc1. The largest absolute Gasteiger partial charge is 0.309 e. The molecule has 0 amide bonds. The Bertz CT molecular complexity index is 3090. The Morgan fingerprint density at radius 2 is 0.843 bits per heavy atom. The van der Waals surface area contributed by atoms with E-state index in [1.807, 2.05) is 12.3 Å². The maximum Gasteiger partial charge on any atom is 0.235 e. The van der Waals surface area contributed by atoms with Gasteiger partial charge < -0.3 is 9.13 Å². The van der Waals surface area contributed by atoms with E-state index < -0.39 is 0 Å². The third-order valence-electron chi connectivity index (χ3n) is 10.3. The zero-order valence-electron chi connectivity index (χ0n) is 27.5. The van der Waals surface area contributed by atoms with Crippen LogP contribution in [-0.2, 0) is 0 Å². The second-order valence-corrected chi connectivity index (χ2v) is 13.1. The molecule has 0 aliphatic heterocycles. The van der Waals surface area contributed by atoms with Gasteiger partial charge >= 0.3 is 0 Å². The van der Waals surface area contributed by atoms with Crippen LogP contribution in [0.4, 0.5) is 0 Å². The number of aromatic nitrogens is 5. The molecular weight excluding hydrogens is 623 g/mol. The summed E-state index contributed by atoms with van der Waals surface area (Å²) in [4.78, 5) is 10.1. The third-order valence-corrected chi connectivity index (χ3v) is 10.3. The third kappa shape index (κ3) is 4.09. The van der Waals surface area contributed by atoms with Crippen LogP contribution in [0, 0.1) is 0 Å². The minimum atomic E-state index is 0.645. The molecule has 0 spiro atoms. The fourth-order valence-corrected chi connectivity index (χ4v) is 8.12. The Labute approximate surface area is 292 Å². The van der Waals surface area contributed by atoms with Crippen molar-refractivity contribution in [3.8, 4) is 28.6 Å². The van der Waals surface area contributed by atoms with Crippen LogP contribution in [0.1, 0.15) is 0 Å². The average molecular weight is 652 g/mol. The highest BCUT2D eigenvalue weighted by atomic mass is 15.2. The molecule has 5 heteroatoms. The van der Waals surface area contributed by atoms with Gasteiger partial charge in [0.1, 0.15) is 0 Å². The molecule has 5 nitrogen and oxygen atoms in total. The first-order chi connectivity index (χ1) is 25.3. The van der Waals surface area contributed by atoms with Crippen LogP contribution in [0.25, 0.3) is 94.0 Å². The summed E-state index contributed by atoms with van der Waals surface area (Å²) < 4.78 is 6.92. The lowest BCUT2D eigenvalue weighted by Gasteiger charge is -2.11. The summed E-state index contributed by atoms with van der Waals surface area (Å²) in [5, 5.41) is 7.28. The van der Waals surface area contributed by atoms with Gasteiger partial charge in [0.05, 0.1) is 38.8 Å². The summed E-state index contributed by atoms with van der Waals surface area (Å²) in [6.07, 6.45) is 1.88. The topological polar surface area (TPSA) is 40.6 Å². The van der Waals surface area contributed by atoms with Crippen molar-refractivity contribution in [3.63, 3.8) is 0 Å². The van der Waals surface area contributed by atoms with Gasteiger partial charge in [-0.15, -0.1) is 0 Å². The van der Waals surface area contributed by atoms with E-state index >= 15 is 0 Å². The van der Waals surface area contributed by atoms with Crippen LogP contribution in [0.3, 0.4) is 0 Å². The van der Waals surface area contributed by atoms with Gasteiger partial charge in [-0.25, -0.2) is 9.97 Å². The summed E-state index contributed by atoms with van der Waals surface area (Å²) >= 11 is 0. The van der Waals surface area contributed by atoms with Gasteiger partial charge in [-0.1, -0.05) is 103 Å². The molecule has 0 N–H and O–H groups in total.